The Bertz CT molecular complexity index is 412. The summed E-state index contributed by atoms with van der Waals surface area (Å²) in [5, 5.41) is 4.28. The average molecular weight is 221 g/mol. The molecule has 0 bridgehead atoms. The molecule has 0 aliphatic heterocycles. The zero-order valence-electron chi connectivity index (χ0n) is 7.64. The third-order valence-corrected chi connectivity index (χ3v) is 3.66. The lowest BCUT2D eigenvalue weighted by atomic mass is 10.2. The van der Waals surface area contributed by atoms with Crippen LogP contribution in [0.25, 0.3) is 16.5 Å². The number of hydrogen-bond acceptors (Lipinski definition) is 3. The summed E-state index contributed by atoms with van der Waals surface area (Å²) in [4.78, 5) is 2.59. The maximum atomic E-state index is 5.40. The second kappa shape index (κ2) is 4.55. The van der Waals surface area contributed by atoms with Crippen molar-refractivity contribution in [3.8, 4) is 10.4 Å². The lowest BCUT2D eigenvalue weighted by Crippen LogP contribution is -1.91. The minimum absolute atomic E-state index is 0.603. The van der Waals surface area contributed by atoms with Gasteiger partial charge < -0.3 is 5.73 Å². The first-order valence-corrected chi connectivity index (χ1v) is 6.15. The molecule has 0 atom stereocenters. The molecule has 3 heteroatoms. The fraction of sp³-hybridized carbons (Fsp3) is 0.0909. The van der Waals surface area contributed by atoms with Crippen molar-refractivity contribution in [2.24, 2.45) is 5.73 Å². The molecule has 2 N–H and O–H groups in total. The number of rotatable bonds is 3. The third kappa shape index (κ3) is 2.12. The molecule has 0 saturated carbocycles. The van der Waals surface area contributed by atoms with Crippen LogP contribution in [-0.2, 0) is 0 Å². The molecule has 0 fully saturated rings. The van der Waals surface area contributed by atoms with Crippen LogP contribution in [-0.4, -0.2) is 6.54 Å². The molecule has 0 aromatic carbocycles. The van der Waals surface area contributed by atoms with E-state index in [0.717, 1.165) is 0 Å². The van der Waals surface area contributed by atoms with Crippen molar-refractivity contribution in [3.05, 3.63) is 39.9 Å². The van der Waals surface area contributed by atoms with Crippen LogP contribution in [0, 0.1) is 0 Å². The molecule has 2 rings (SSSR count). The van der Waals surface area contributed by atoms with Gasteiger partial charge in [-0.3, -0.25) is 0 Å². The Labute approximate surface area is 91.5 Å². The van der Waals surface area contributed by atoms with E-state index in [1.54, 1.807) is 22.7 Å². The van der Waals surface area contributed by atoms with Gasteiger partial charge in [0.05, 0.1) is 0 Å². The lowest BCUT2D eigenvalue weighted by Gasteiger charge is -1.87. The summed E-state index contributed by atoms with van der Waals surface area (Å²) in [7, 11) is 0. The summed E-state index contributed by atoms with van der Waals surface area (Å²) in [6.07, 6.45) is 4.05. The molecule has 2 aromatic rings. The van der Waals surface area contributed by atoms with Gasteiger partial charge in [-0.15, -0.1) is 22.7 Å². The molecule has 0 saturated heterocycles. The quantitative estimate of drug-likeness (QED) is 0.844. The first kappa shape index (κ1) is 9.65. The summed E-state index contributed by atoms with van der Waals surface area (Å²) in [5.41, 5.74) is 6.70. The Morgan fingerprint density at radius 1 is 1.36 bits per heavy atom. The molecule has 72 valence electrons. The van der Waals surface area contributed by atoms with E-state index in [9.17, 15) is 0 Å². The molecule has 0 radical (unpaired) electrons. The summed E-state index contributed by atoms with van der Waals surface area (Å²) >= 11 is 3.52. The monoisotopic (exact) mass is 221 g/mol. The van der Waals surface area contributed by atoms with Crippen molar-refractivity contribution >= 4 is 28.7 Å². The Morgan fingerprint density at radius 2 is 2.29 bits per heavy atom. The second-order valence-electron chi connectivity index (χ2n) is 2.85. The van der Waals surface area contributed by atoms with Crippen LogP contribution < -0.4 is 5.73 Å². The van der Waals surface area contributed by atoms with Crippen LogP contribution in [0.4, 0.5) is 0 Å². The van der Waals surface area contributed by atoms with Gasteiger partial charge in [-0.1, -0.05) is 12.1 Å². The normalized spacial score (nSPS) is 11.2. The predicted octanol–water partition coefficient (Wildman–Crippen LogP) is 3.45. The zero-order valence-corrected chi connectivity index (χ0v) is 9.28. The highest BCUT2D eigenvalue weighted by atomic mass is 32.1. The minimum Gasteiger partial charge on any atom is -0.327 e. The van der Waals surface area contributed by atoms with Crippen molar-refractivity contribution in [2.45, 2.75) is 0 Å². The van der Waals surface area contributed by atoms with Crippen LogP contribution in [0.15, 0.2) is 35.0 Å². The van der Waals surface area contributed by atoms with Gasteiger partial charge in [0, 0.05) is 21.9 Å². The SMILES string of the molecule is NCC=Cc1cc(-c2cccs2)cs1. The van der Waals surface area contributed by atoms with Gasteiger partial charge in [0.25, 0.3) is 0 Å². The van der Waals surface area contributed by atoms with Crippen molar-refractivity contribution in [3.63, 3.8) is 0 Å². The van der Waals surface area contributed by atoms with Gasteiger partial charge in [0.15, 0.2) is 0 Å². The fourth-order valence-electron chi connectivity index (χ4n) is 1.20. The first-order chi connectivity index (χ1) is 6.90. The molecular formula is C11H11NS2. The van der Waals surface area contributed by atoms with Gasteiger partial charge in [-0.25, -0.2) is 0 Å². The number of nitrogens with two attached hydrogens (primary N) is 1. The van der Waals surface area contributed by atoms with E-state index >= 15 is 0 Å². The van der Waals surface area contributed by atoms with E-state index < -0.39 is 0 Å². The maximum Gasteiger partial charge on any atom is 0.0351 e. The number of hydrogen-bond donors (Lipinski definition) is 1. The molecule has 0 aliphatic rings. The van der Waals surface area contributed by atoms with Crippen LogP contribution >= 0.6 is 22.7 Å². The minimum atomic E-state index is 0.603. The highest BCUT2D eigenvalue weighted by Gasteiger charge is 2.00. The smallest absolute Gasteiger partial charge is 0.0351 e. The van der Waals surface area contributed by atoms with Crippen LogP contribution in [0.3, 0.4) is 0 Å². The van der Waals surface area contributed by atoms with Crippen molar-refractivity contribution < 1.29 is 0 Å². The van der Waals surface area contributed by atoms with E-state index in [-0.39, 0.29) is 0 Å². The molecular weight excluding hydrogens is 210 g/mol. The molecule has 0 unspecified atom stereocenters. The third-order valence-electron chi connectivity index (χ3n) is 1.84. The topological polar surface area (TPSA) is 26.0 Å². The number of thiophene rings is 2. The van der Waals surface area contributed by atoms with Crippen LogP contribution in [0.5, 0.6) is 0 Å². The molecule has 0 spiro atoms. The Kier molecular flexibility index (Phi) is 3.14. The Morgan fingerprint density at radius 3 is 3.00 bits per heavy atom. The van der Waals surface area contributed by atoms with Gasteiger partial charge >= 0.3 is 0 Å². The maximum absolute atomic E-state index is 5.40. The molecule has 2 aromatic heterocycles. The van der Waals surface area contributed by atoms with E-state index in [4.69, 9.17) is 5.73 Å². The van der Waals surface area contributed by atoms with E-state index in [0.29, 0.717) is 6.54 Å². The molecule has 0 amide bonds. The van der Waals surface area contributed by atoms with Gasteiger partial charge in [0.2, 0.25) is 0 Å². The standard InChI is InChI=1S/C11H11NS2/c12-5-1-3-10-7-9(8-14-10)11-4-2-6-13-11/h1-4,6-8H,5,12H2. The lowest BCUT2D eigenvalue weighted by molar-refractivity contribution is 1.26. The zero-order chi connectivity index (χ0) is 9.80. The van der Waals surface area contributed by atoms with Crippen LogP contribution in [0.2, 0.25) is 0 Å². The fourth-order valence-corrected chi connectivity index (χ4v) is 2.81. The van der Waals surface area contributed by atoms with Crippen LogP contribution in [0.1, 0.15) is 4.88 Å². The van der Waals surface area contributed by atoms with Crippen molar-refractivity contribution in [2.75, 3.05) is 6.54 Å². The highest BCUT2D eigenvalue weighted by Crippen LogP contribution is 2.29. The van der Waals surface area contributed by atoms with Gasteiger partial charge in [-0.2, -0.15) is 0 Å². The van der Waals surface area contributed by atoms with E-state index in [2.05, 4.69) is 35.0 Å². The van der Waals surface area contributed by atoms with Gasteiger partial charge in [0.1, 0.15) is 0 Å². The second-order valence-corrected chi connectivity index (χ2v) is 4.74. The summed E-state index contributed by atoms with van der Waals surface area (Å²) < 4.78 is 0. The predicted molar refractivity (Wildman–Crippen MR) is 65.7 cm³/mol. The largest absolute Gasteiger partial charge is 0.327 e. The van der Waals surface area contributed by atoms with E-state index in [1.165, 1.54) is 15.3 Å². The van der Waals surface area contributed by atoms with E-state index in [1.807, 2.05) is 6.08 Å². The molecule has 0 aliphatic carbocycles. The molecule has 14 heavy (non-hydrogen) atoms. The first-order valence-electron chi connectivity index (χ1n) is 4.39. The molecule has 2 heterocycles. The highest BCUT2D eigenvalue weighted by molar-refractivity contribution is 7.15. The Balaban J connectivity index is 2.22. The van der Waals surface area contributed by atoms with Crippen molar-refractivity contribution in [1.82, 2.24) is 0 Å². The molecule has 1 nitrogen and oxygen atoms in total. The Hall–Kier alpha value is -0.900. The van der Waals surface area contributed by atoms with Crippen molar-refractivity contribution in [1.29, 1.82) is 0 Å². The van der Waals surface area contributed by atoms with Gasteiger partial charge in [-0.05, 0) is 29.0 Å². The summed E-state index contributed by atoms with van der Waals surface area (Å²) in [5.74, 6) is 0. The summed E-state index contributed by atoms with van der Waals surface area (Å²) in [6, 6.07) is 6.42. The summed E-state index contributed by atoms with van der Waals surface area (Å²) in [6.45, 7) is 0.603. The average Bonchev–Trinajstić information content (AvgIpc) is 2.85.